The minimum atomic E-state index is -4.91. The maximum atomic E-state index is 14.3. The standard InChI is InChI=1S/C18H13F4NO4S2/c1-10-3-5-12(8-15(10)27-18(20,21)22)23-14(9-28-17(23)24)11-4-6-16(13(19)7-11)29(2,25)26/h3-9H,1-2H3. The second-order valence-corrected chi connectivity index (χ2v) is 8.94. The lowest BCUT2D eigenvalue weighted by molar-refractivity contribution is -0.274. The first-order valence-corrected chi connectivity index (χ1v) is 10.7. The zero-order chi connectivity index (χ0) is 21.6. The van der Waals surface area contributed by atoms with Gasteiger partial charge in [-0.1, -0.05) is 23.5 Å². The van der Waals surface area contributed by atoms with Crippen molar-refractivity contribution in [1.82, 2.24) is 4.57 Å². The molecule has 0 aliphatic carbocycles. The number of thiazole rings is 1. The van der Waals surface area contributed by atoms with E-state index >= 15 is 0 Å². The molecule has 154 valence electrons. The van der Waals surface area contributed by atoms with Crippen LogP contribution < -0.4 is 9.61 Å². The first-order chi connectivity index (χ1) is 13.4. The number of hydrogen-bond donors (Lipinski definition) is 0. The number of benzene rings is 2. The monoisotopic (exact) mass is 447 g/mol. The van der Waals surface area contributed by atoms with Crippen LogP contribution in [-0.4, -0.2) is 25.6 Å². The number of nitrogens with zero attached hydrogens (tertiary/aromatic N) is 1. The van der Waals surface area contributed by atoms with E-state index in [2.05, 4.69) is 4.74 Å². The molecule has 29 heavy (non-hydrogen) atoms. The molecule has 3 rings (SSSR count). The second-order valence-electron chi connectivity index (χ2n) is 6.14. The molecule has 1 aromatic heterocycles. The number of rotatable bonds is 4. The SMILES string of the molecule is Cc1ccc(-n2c(-c3ccc(S(C)(=O)=O)c(F)c3)csc2=O)cc1OC(F)(F)F. The predicted octanol–water partition coefficient (Wildman–Crippen LogP) is 4.32. The van der Waals surface area contributed by atoms with Gasteiger partial charge in [0, 0.05) is 23.3 Å². The van der Waals surface area contributed by atoms with Crippen LogP contribution in [0.5, 0.6) is 5.75 Å². The quantitative estimate of drug-likeness (QED) is 0.559. The van der Waals surface area contributed by atoms with E-state index in [1.807, 2.05) is 0 Å². The third-order valence-corrected chi connectivity index (χ3v) is 5.83. The van der Waals surface area contributed by atoms with E-state index in [0.717, 1.165) is 40.4 Å². The van der Waals surface area contributed by atoms with E-state index < -0.39 is 37.5 Å². The molecule has 0 N–H and O–H groups in total. The van der Waals surface area contributed by atoms with Gasteiger partial charge in [-0.2, -0.15) is 0 Å². The number of ether oxygens (including phenoxy) is 1. The Balaban J connectivity index is 2.14. The van der Waals surface area contributed by atoms with Crippen LogP contribution in [0.15, 0.2) is 51.5 Å². The van der Waals surface area contributed by atoms with Crippen molar-refractivity contribution in [2.75, 3.05) is 6.26 Å². The topological polar surface area (TPSA) is 65.4 Å². The van der Waals surface area contributed by atoms with E-state index in [0.29, 0.717) is 0 Å². The Morgan fingerprint density at radius 1 is 1.10 bits per heavy atom. The third-order valence-electron chi connectivity index (χ3n) is 3.98. The zero-order valence-electron chi connectivity index (χ0n) is 15.0. The van der Waals surface area contributed by atoms with Crippen LogP contribution in [0, 0.1) is 12.7 Å². The van der Waals surface area contributed by atoms with Gasteiger partial charge in [0.25, 0.3) is 0 Å². The fourth-order valence-electron chi connectivity index (χ4n) is 2.67. The molecule has 0 fully saturated rings. The van der Waals surface area contributed by atoms with E-state index in [1.54, 1.807) is 0 Å². The van der Waals surface area contributed by atoms with Crippen molar-refractivity contribution in [1.29, 1.82) is 0 Å². The van der Waals surface area contributed by atoms with Gasteiger partial charge < -0.3 is 4.74 Å². The lowest BCUT2D eigenvalue weighted by atomic mass is 10.1. The summed E-state index contributed by atoms with van der Waals surface area (Å²) in [5.74, 6) is -1.47. The van der Waals surface area contributed by atoms with Gasteiger partial charge in [-0.15, -0.1) is 13.2 Å². The van der Waals surface area contributed by atoms with Crippen molar-refractivity contribution < 1.29 is 30.7 Å². The van der Waals surface area contributed by atoms with E-state index in [-0.39, 0.29) is 22.5 Å². The average molecular weight is 447 g/mol. The summed E-state index contributed by atoms with van der Waals surface area (Å²) in [4.78, 5) is 11.3. The highest BCUT2D eigenvalue weighted by Crippen LogP contribution is 2.31. The molecule has 0 aliphatic heterocycles. The minimum absolute atomic E-state index is 0.0868. The predicted molar refractivity (Wildman–Crippen MR) is 99.8 cm³/mol. The number of sulfone groups is 1. The molecule has 0 atom stereocenters. The van der Waals surface area contributed by atoms with E-state index in [1.165, 1.54) is 30.5 Å². The van der Waals surface area contributed by atoms with Gasteiger partial charge >= 0.3 is 11.2 Å². The number of alkyl halides is 3. The lowest BCUT2D eigenvalue weighted by Crippen LogP contribution is -2.18. The van der Waals surface area contributed by atoms with Gasteiger partial charge in [-0.05, 0) is 30.7 Å². The summed E-state index contributed by atoms with van der Waals surface area (Å²) in [6.07, 6.45) is -4.05. The van der Waals surface area contributed by atoms with Crippen molar-refractivity contribution in [3.8, 4) is 22.7 Å². The summed E-state index contributed by atoms with van der Waals surface area (Å²) >= 11 is 0.763. The first kappa shape index (κ1) is 21.1. The summed E-state index contributed by atoms with van der Waals surface area (Å²) in [6, 6.07) is 7.19. The molecule has 0 aliphatic rings. The molecule has 0 unspecified atom stereocenters. The molecule has 0 saturated carbocycles. The summed E-state index contributed by atoms with van der Waals surface area (Å²) in [5, 5.41) is 1.40. The van der Waals surface area contributed by atoms with Crippen LogP contribution in [0.3, 0.4) is 0 Å². The summed E-state index contributed by atoms with van der Waals surface area (Å²) < 4.78 is 80.4. The molecule has 3 aromatic rings. The molecule has 5 nitrogen and oxygen atoms in total. The highest BCUT2D eigenvalue weighted by Gasteiger charge is 2.32. The Morgan fingerprint density at radius 2 is 1.79 bits per heavy atom. The number of halogens is 4. The molecule has 0 saturated heterocycles. The van der Waals surface area contributed by atoms with Crippen LogP contribution in [0.2, 0.25) is 0 Å². The normalized spacial score (nSPS) is 12.2. The van der Waals surface area contributed by atoms with Gasteiger partial charge in [0.1, 0.15) is 16.5 Å². The van der Waals surface area contributed by atoms with Crippen LogP contribution in [0.25, 0.3) is 16.9 Å². The molecule has 0 amide bonds. The Kier molecular flexibility index (Phi) is 5.30. The summed E-state index contributed by atoms with van der Waals surface area (Å²) in [6.45, 7) is 1.42. The van der Waals surface area contributed by atoms with Gasteiger partial charge in [0.05, 0.1) is 11.4 Å². The summed E-state index contributed by atoms with van der Waals surface area (Å²) in [7, 11) is -3.78. The Bertz CT molecular complexity index is 1240. The third kappa shape index (κ3) is 4.51. The molecule has 0 spiro atoms. The minimum Gasteiger partial charge on any atom is -0.405 e. The second kappa shape index (κ2) is 7.30. The van der Waals surface area contributed by atoms with Crippen LogP contribution in [0.1, 0.15) is 5.56 Å². The summed E-state index contributed by atoms with van der Waals surface area (Å²) in [5.41, 5.74) is 0.677. The molecular weight excluding hydrogens is 434 g/mol. The fourth-order valence-corrected chi connectivity index (χ4v) is 4.17. The average Bonchev–Trinajstić information content (AvgIpc) is 2.96. The Labute approximate surface area is 166 Å². The molecule has 11 heteroatoms. The first-order valence-electron chi connectivity index (χ1n) is 7.94. The Morgan fingerprint density at radius 3 is 2.38 bits per heavy atom. The van der Waals surface area contributed by atoms with Crippen molar-refractivity contribution in [3.63, 3.8) is 0 Å². The van der Waals surface area contributed by atoms with Crippen LogP contribution in [-0.2, 0) is 9.84 Å². The van der Waals surface area contributed by atoms with Gasteiger partial charge in [-0.25, -0.2) is 12.8 Å². The van der Waals surface area contributed by atoms with Crippen molar-refractivity contribution in [2.45, 2.75) is 18.2 Å². The maximum Gasteiger partial charge on any atom is 0.573 e. The number of aromatic nitrogens is 1. The Hall–Kier alpha value is -2.66. The van der Waals surface area contributed by atoms with Gasteiger partial charge in [-0.3, -0.25) is 9.36 Å². The van der Waals surface area contributed by atoms with E-state index in [9.17, 15) is 30.8 Å². The van der Waals surface area contributed by atoms with Crippen molar-refractivity contribution in [3.05, 3.63) is 62.8 Å². The number of aryl methyl sites for hydroxylation is 1. The van der Waals surface area contributed by atoms with Crippen LogP contribution in [0.4, 0.5) is 17.6 Å². The van der Waals surface area contributed by atoms with Gasteiger partial charge in [0.15, 0.2) is 9.84 Å². The van der Waals surface area contributed by atoms with Crippen LogP contribution >= 0.6 is 11.3 Å². The highest BCUT2D eigenvalue weighted by atomic mass is 32.2. The zero-order valence-corrected chi connectivity index (χ0v) is 16.6. The fraction of sp³-hybridized carbons (Fsp3) is 0.167. The lowest BCUT2D eigenvalue weighted by Gasteiger charge is -2.14. The highest BCUT2D eigenvalue weighted by molar-refractivity contribution is 7.90. The molecule has 2 aromatic carbocycles. The van der Waals surface area contributed by atoms with Crippen molar-refractivity contribution >= 4 is 21.2 Å². The van der Waals surface area contributed by atoms with E-state index in [4.69, 9.17) is 0 Å². The molecule has 0 bridgehead atoms. The smallest absolute Gasteiger partial charge is 0.405 e. The van der Waals surface area contributed by atoms with Gasteiger partial charge in [0.2, 0.25) is 0 Å². The number of hydrogen-bond acceptors (Lipinski definition) is 5. The molecule has 0 radical (unpaired) electrons. The molecule has 1 heterocycles. The maximum absolute atomic E-state index is 14.3. The molecular formula is C18H13F4NO4S2. The van der Waals surface area contributed by atoms with Crippen molar-refractivity contribution in [2.24, 2.45) is 0 Å². The largest absolute Gasteiger partial charge is 0.573 e.